The van der Waals surface area contributed by atoms with Gasteiger partial charge in [0.1, 0.15) is 0 Å². The molecule has 0 bridgehead atoms. The number of nitrogens with zero attached hydrogens (tertiary/aromatic N) is 1. The van der Waals surface area contributed by atoms with E-state index in [4.69, 9.17) is 14.2 Å². The first-order valence-corrected chi connectivity index (χ1v) is 12.6. The summed E-state index contributed by atoms with van der Waals surface area (Å²) in [6.07, 6.45) is 0.205. The molecule has 200 valence electrons. The van der Waals surface area contributed by atoms with Gasteiger partial charge in [0.05, 0.1) is 18.8 Å². The Bertz CT molecular complexity index is 1040. The molecule has 0 saturated carbocycles. The van der Waals surface area contributed by atoms with Gasteiger partial charge in [0.15, 0.2) is 12.4 Å². The second-order valence-corrected chi connectivity index (χ2v) is 9.54. The van der Waals surface area contributed by atoms with Crippen LogP contribution in [0.4, 0.5) is 0 Å². The molecule has 8 nitrogen and oxygen atoms in total. The Morgan fingerprint density at radius 1 is 1.11 bits per heavy atom. The van der Waals surface area contributed by atoms with Crippen molar-refractivity contribution in [3.05, 3.63) is 83.4 Å². The maximum atomic E-state index is 12.1. The molecule has 1 fully saturated rings. The van der Waals surface area contributed by atoms with Gasteiger partial charge in [-0.1, -0.05) is 61.5 Å². The van der Waals surface area contributed by atoms with Crippen LogP contribution in [0.25, 0.3) is 0 Å². The van der Waals surface area contributed by atoms with Crippen molar-refractivity contribution in [1.82, 2.24) is 10.2 Å². The van der Waals surface area contributed by atoms with Crippen LogP contribution in [0.1, 0.15) is 55.4 Å². The minimum Gasteiger partial charge on any atom is -0.453 e. The minimum absolute atomic E-state index is 0.00245. The molecule has 1 aliphatic heterocycles. The predicted octanol–water partition coefficient (Wildman–Crippen LogP) is 3.66. The molecule has 1 aliphatic rings. The first kappa shape index (κ1) is 28.5. The maximum absolute atomic E-state index is 12.1. The van der Waals surface area contributed by atoms with Gasteiger partial charge in [-0.3, -0.25) is 9.59 Å². The topological polar surface area (TPSA) is 97.3 Å². The molecule has 5 unspecified atom stereocenters. The summed E-state index contributed by atoms with van der Waals surface area (Å²) in [5, 5.41) is 12.2. The summed E-state index contributed by atoms with van der Waals surface area (Å²) >= 11 is 0. The lowest BCUT2D eigenvalue weighted by atomic mass is 9.90. The number of nitrogens with one attached hydrogen (secondary N) is 1. The van der Waals surface area contributed by atoms with Crippen molar-refractivity contribution in [2.45, 2.75) is 58.5 Å². The van der Waals surface area contributed by atoms with Gasteiger partial charge in [0.2, 0.25) is 0 Å². The fourth-order valence-electron chi connectivity index (χ4n) is 4.36. The second kappa shape index (κ2) is 13.5. The van der Waals surface area contributed by atoms with E-state index in [1.165, 1.54) is 13.8 Å². The molecule has 0 aliphatic carbocycles. The lowest BCUT2D eigenvalue weighted by Gasteiger charge is -2.42. The molecule has 2 aromatic rings. The summed E-state index contributed by atoms with van der Waals surface area (Å²) in [5.74, 6) is -0.753. The second-order valence-electron chi connectivity index (χ2n) is 9.54. The highest BCUT2D eigenvalue weighted by atomic mass is 16.7. The molecule has 3 rings (SSSR count). The first-order valence-electron chi connectivity index (χ1n) is 12.6. The molecular formula is C29H38N2O6. The van der Waals surface area contributed by atoms with E-state index in [0.29, 0.717) is 6.54 Å². The number of carbonyl (C=O) groups excluding carboxylic acids is 2. The highest BCUT2D eigenvalue weighted by Crippen LogP contribution is 2.41. The standard InChI is InChI=1S/C29H38N2O6/c1-6-15-31(5)17-26-19(2)27(24-11-9-23(18-32)10-12-24)37-29(36-26)25-13-7-22(8-14-25)16-30-28(34)20(3)35-21(4)33/h6-14,19-20,26-27,29,32H,1,15-18H2,2-5H3,(H,30,34). The molecule has 0 spiro atoms. The SMILES string of the molecule is C=CCN(C)CC1OC(c2ccc(CNC(=O)C(C)OC(C)=O)cc2)OC(c2ccc(CO)cc2)C1C. The average molecular weight is 511 g/mol. The van der Waals surface area contributed by atoms with Gasteiger partial charge in [-0.2, -0.15) is 0 Å². The number of rotatable bonds is 11. The summed E-state index contributed by atoms with van der Waals surface area (Å²) in [6, 6.07) is 15.5. The zero-order valence-corrected chi connectivity index (χ0v) is 22.1. The Morgan fingerprint density at radius 3 is 2.32 bits per heavy atom. The van der Waals surface area contributed by atoms with Gasteiger partial charge in [-0.05, 0) is 30.7 Å². The number of ether oxygens (including phenoxy) is 3. The number of likely N-dealkylation sites (N-methyl/N-ethyl adjacent to an activating group) is 1. The van der Waals surface area contributed by atoms with Crippen LogP contribution in [-0.2, 0) is 37.0 Å². The molecule has 37 heavy (non-hydrogen) atoms. The van der Waals surface area contributed by atoms with E-state index in [1.54, 1.807) is 0 Å². The Kier molecular flexibility index (Phi) is 10.4. The van der Waals surface area contributed by atoms with Gasteiger partial charge >= 0.3 is 5.97 Å². The van der Waals surface area contributed by atoms with Crippen molar-refractivity contribution in [2.75, 3.05) is 20.1 Å². The fraction of sp³-hybridized carbons (Fsp3) is 0.448. The molecule has 1 heterocycles. The number of hydrogen-bond donors (Lipinski definition) is 2. The van der Waals surface area contributed by atoms with E-state index >= 15 is 0 Å². The van der Waals surface area contributed by atoms with E-state index in [0.717, 1.165) is 35.3 Å². The highest BCUT2D eigenvalue weighted by molar-refractivity contribution is 5.82. The van der Waals surface area contributed by atoms with Crippen molar-refractivity contribution in [3.63, 3.8) is 0 Å². The normalized spacial score (nSPS) is 22.3. The number of aliphatic hydroxyl groups is 1. The third kappa shape index (κ3) is 7.97. The molecule has 2 aromatic carbocycles. The molecule has 2 N–H and O–H groups in total. The summed E-state index contributed by atoms with van der Waals surface area (Å²) < 4.78 is 17.8. The number of esters is 1. The monoisotopic (exact) mass is 510 g/mol. The largest absolute Gasteiger partial charge is 0.453 e. The van der Waals surface area contributed by atoms with Crippen LogP contribution in [0.3, 0.4) is 0 Å². The Balaban J connectivity index is 1.74. The van der Waals surface area contributed by atoms with E-state index in [1.807, 2.05) is 61.7 Å². The first-order chi connectivity index (χ1) is 17.7. The Labute approximate surface area is 219 Å². The number of carbonyl (C=O) groups is 2. The van der Waals surface area contributed by atoms with Crippen LogP contribution in [-0.4, -0.2) is 54.2 Å². The minimum atomic E-state index is -0.845. The smallest absolute Gasteiger partial charge is 0.303 e. The average Bonchev–Trinajstić information content (AvgIpc) is 2.88. The lowest BCUT2D eigenvalue weighted by Crippen LogP contribution is -2.43. The zero-order chi connectivity index (χ0) is 26.9. The third-order valence-electron chi connectivity index (χ3n) is 6.49. The lowest BCUT2D eigenvalue weighted by molar-refractivity contribution is -0.275. The summed E-state index contributed by atoms with van der Waals surface area (Å²) in [7, 11) is 2.04. The highest BCUT2D eigenvalue weighted by Gasteiger charge is 2.38. The van der Waals surface area contributed by atoms with E-state index in [2.05, 4.69) is 23.7 Å². The van der Waals surface area contributed by atoms with Crippen molar-refractivity contribution in [2.24, 2.45) is 5.92 Å². The van der Waals surface area contributed by atoms with Crippen LogP contribution in [0.15, 0.2) is 61.2 Å². The van der Waals surface area contributed by atoms with Crippen molar-refractivity contribution in [1.29, 1.82) is 0 Å². The maximum Gasteiger partial charge on any atom is 0.303 e. The molecule has 1 amide bonds. The molecule has 5 atom stereocenters. The third-order valence-corrected chi connectivity index (χ3v) is 6.49. The fourth-order valence-corrected chi connectivity index (χ4v) is 4.36. The summed E-state index contributed by atoms with van der Waals surface area (Å²) in [5.41, 5.74) is 3.67. The molecule has 8 heteroatoms. The number of benzene rings is 2. The van der Waals surface area contributed by atoms with Crippen LogP contribution >= 0.6 is 0 Å². The summed E-state index contributed by atoms with van der Waals surface area (Å²) in [4.78, 5) is 25.4. The predicted molar refractivity (Wildman–Crippen MR) is 140 cm³/mol. The van der Waals surface area contributed by atoms with Gasteiger partial charge in [0.25, 0.3) is 5.91 Å². The molecule has 0 radical (unpaired) electrons. The summed E-state index contributed by atoms with van der Waals surface area (Å²) in [6.45, 7) is 10.6. The van der Waals surface area contributed by atoms with Crippen LogP contribution in [0.5, 0.6) is 0 Å². The molecular weight excluding hydrogens is 472 g/mol. The number of aliphatic hydroxyl groups excluding tert-OH is 1. The zero-order valence-electron chi connectivity index (χ0n) is 22.1. The van der Waals surface area contributed by atoms with Crippen LogP contribution < -0.4 is 5.32 Å². The van der Waals surface area contributed by atoms with Gasteiger partial charge in [-0.15, -0.1) is 6.58 Å². The number of hydrogen-bond acceptors (Lipinski definition) is 7. The van der Waals surface area contributed by atoms with Crippen LogP contribution in [0, 0.1) is 5.92 Å². The Hall–Kier alpha value is -3.04. The van der Waals surface area contributed by atoms with Gasteiger partial charge < -0.3 is 29.5 Å². The van der Waals surface area contributed by atoms with E-state index in [-0.39, 0.29) is 30.6 Å². The van der Waals surface area contributed by atoms with Crippen LogP contribution in [0.2, 0.25) is 0 Å². The molecule has 1 saturated heterocycles. The Morgan fingerprint density at radius 2 is 1.73 bits per heavy atom. The van der Waals surface area contributed by atoms with Gasteiger partial charge in [0, 0.05) is 38.0 Å². The number of amides is 1. The van der Waals surface area contributed by atoms with E-state index < -0.39 is 18.4 Å². The molecule has 0 aromatic heterocycles. The van der Waals surface area contributed by atoms with Crippen molar-refractivity contribution in [3.8, 4) is 0 Å². The van der Waals surface area contributed by atoms with Gasteiger partial charge in [-0.25, -0.2) is 0 Å². The quantitative estimate of drug-likeness (QED) is 0.352. The van der Waals surface area contributed by atoms with Crippen molar-refractivity contribution >= 4 is 11.9 Å². The van der Waals surface area contributed by atoms with Crippen molar-refractivity contribution < 1.29 is 28.9 Å². The van der Waals surface area contributed by atoms with E-state index in [9.17, 15) is 14.7 Å².